The molecule has 4 rings (SSSR count). The highest BCUT2D eigenvalue weighted by atomic mass is 32.2. The van der Waals surface area contributed by atoms with Crippen LogP contribution in [-0.2, 0) is 14.8 Å². The molecule has 1 saturated carbocycles. The van der Waals surface area contributed by atoms with Gasteiger partial charge in [-0.2, -0.15) is 17.5 Å². The minimum absolute atomic E-state index is 0.00611. The van der Waals surface area contributed by atoms with Gasteiger partial charge in [0.1, 0.15) is 11.4 Å². The number of sulfonamides is 1. The van der Waals surface area contributed by atoms with Crippen molar-refractivity contribution in [1.29, 1.82) is 0 Å². The first-order valence-electron chi connectivity index (χ1n) is 14.7. The molecule has 0 bridgehead atoms. The Hall–Kier alpha value is -2.77. The number of aryl methyl sites for hydroxylation is 2. The van der Waals surface area contributed by atoms with Gasteiger partial charge >= 0.3 is 6.18 Å². The van der Waals surface area contributed by atoms with Crippen LogP contribution in [0.1, 0.15) is 78.4 Å². The third-order valence-electron chi connectivity index (χ3n) is 9.12. The zero-order chi connectivity index (χ0) is 31.7. The summed E-state index contributed by atoms with van der Waals surface area (Å²) in [5, 5.41) is 7.25. The van der Waals surface area contributed by atoms with E-state index in [2.05, 4.69) is 5.32 Å². The summed E-state index contributed by atoms with van der Waals surface area (Å²) >= 11 is 0. The van der Waals surface area contributed by atoms with E-state index in [0.717, 1.165) is 16.7 Å². The van der Waals surface area contributed by atoms with Crippen LogP contribution in [0, 0.1) is 25.7 Å². The summed E-state index contributed by atoms with van der Waals surface area (Å²) in [5.74, 6) is 0.239. The average Bonchev–Trinajstić information content (AvgIpc) is 3.25. The van der Waals surface area contributed by atoms with Gasteiger partial charge in [0.05, 0.1) is 0 Å². The molecule has 2 heterocycles. The first-order chi connectivity index (χ1) is 20.0. The number of nitrogens with zero attached hydrogens (tertiary/aromatic N) is 4. The number of piperidine rings is 1. The molecule has 1 spiro atoms. The fourth-order valence-electron chi connectivity index (χ4n) is 6.25. The lowest BCUT2D eigenvalue weighted by molar-refractivity contribution is -0.138. The zero-order valence-corrected chi connectivity index (χ0v) is 26.3. The molecular formula is C30H42F3N5O4S. The highest BCUT2D eigenvalue weighted by molar-refractivity contribution is 7.92. The molecule has 2 amide bonds. The molecule has 1 saturated heterocycles. The third-order valence-corrected chi connectivity index (χ3v) is 10.7. The molecule has 2 fully saturated rings. The van der Waals surface area contributed by atoms with E-state index in [0.29, 0.717) is 37.1 Å². The second kappa shape index (κ2) is 12.7. The number of hydrogen-bond donors (Lipinski definition) is 1. The molecule has 2 aliphatic heterocycles. The second-order valence-corrected chi connectivity index (χ2v) is 14.1. The number of aliphatic imine (C=N–C) groups is 1. The maximum atomic E-state index is 13.2. The van der Waals surface area contributed by atoms with Gasteiger partial charge < -0.3 is 5.32 Å². The van der Waals surface area contributed by atoms with Gasteiger partial charge in [0.15, 0.2) is 0 Å². The number of halogens is 3. The normalized spacial score (nSPS) is 23.2. The summed E-state index contributed by atoms with van der Waals surface area (Å²) in [6, 6.07) is 3.49. The van der Waals surface area contributed by atoms with E-state index in [1.807, 2.05) is 13.8 Å². The van der Waals surface area contributed by atoms with Crippen molar-refractivity contribution in [3.63, 3.8) is 0 Å². The summed E-state index contributed by atoms with van der Waals surface area (Å²) < 4.78 is 65.6. The van der Waals surface area contributed by atoms with Gasteiger partial charge in [0.25, 0.3) is 11.8 Å². The topological polar surface area (TPSA) is 102 Å². The summed E-state index contributed by atoms with van der Waals surface area (Å²) in [5.41, 5.74) is 1.78. The van der Waals surface area contributed by atoms with E-state index in [-0.39, 0.29) is 56.0 Å². The van der Waals surface area contributed by atoms with Gasteiger partial charge in [-0.1, -0.05) is 0 Å². The van der Waals surface area contributed by atoms with E-state index in [9.17, 15) is 31.2 Å². The lowest BCUT2D eigenvalue weighted by atomic mass is 9.79. The molecule has 1 aromatic carbocycles. The number of alkyl halides is 3. The SMILES string of the molecule is Cc1cc(C(=O)N(C)N(C)C)cc(C)c1/C=C/S(=O)(=O)N1CCC2(CC1)N=C(C1CCC(CCC(F)(F)F)CC1)NC2=O. The predicted octanol–water partition coefficient (Wildman–Crippen LogP) is 4.66. The van der Waals surface area contributed by atoms with Crippen molar-refractivity contribution in [2.45, 2.75) is 76.9 Å². The van der Waals surface area contributed by atoms with Gasteiger partial charge in [0.2, 0.25) is 10.0 Å². The van der Waals surface area contributed by atoms with Crippen molar-refractivity contribution in [3.05, 3.63) is 39.8 Å². The largest absolute Gasteiger partial charge is 0.389 e. The van der Waals surface area contributed by atoms with Crippen LogP contribution in [0.5, 0.6) is 0 Å². The number of amides is 2. The molecule has 0 atom stereocenters. The molecule has 1 aliphatic carbocycles. The Balaban J connectivity index is 1.37. The quantitative estimate of drug-likeness (QED) is 0.424. The van der Waals surface area contributed by atoms with Crippen LogP contribution < -0.4 is 5.32 Å². The van der Waals surface area contributed by atoms with Gasteiger partial charge in [0, 0.05) is 57.5 Å². The highest BCUT2D eigenvalue weighted by Gasteiger charge is 2.48. The van der Waals surface area contributed by atoms with Crippen LogP contribution in [0.25, 0.3) is 6.08 Å². The van der Waals surface area contributed by atoms with Crippen molar-refractivity contribution in [2.24, 2.45) is 16.8 Å². The van der Waals surface area contributed by atoms with Gasteiger partial charge in [-0.25, -0.2) is 13.4 Å². The molecule has 0 aromatic heterocycles. The third kappa shape index (κ3) is 7.66. The summed E-state index contributed by atoms with van der Waals surface area (Å²) in [4.78, 5) is 30.5. The lowest BCUT2D eigenvalue weighted by Gasteiger charge is -2.34. The van der Waals surface area contributed by atoms with Crippen molar-refractivity contribution in [2.75, 3.05) is 34.2 Å². The van der Waals surface area contributed by atoms with Crippen LogP contribution in [0.2, 0.25) is 0 Å². The molecule has 43 heavy (non-hydrogen) atoms. The Morgan fingerprint density at radius 1 is 1.09 bits per heavy atom. The molecule has 13 heteroatoms. The maximum Gasteiger partial charge on any atom is 0.389 e. The monoisotopic (exact) mass is 625 g/mol. The van der Waals surface area contributed by atoms with Crippen molar-refractivity contribution in [3.8, 4) is 0 Å². The number of carbonyl (C=O) groups is 2. The Kier molecular flexibility index (Phi) is 9.77. The van der Waals surface area contributed by atoms with E-state index in [1.165, 1.54) is 14.7 Å². The van der Waals surface area contributed by atoms with Crippen molar-refractivity contribution < 1.29 is 31.2 Å². The van der Waals surface area contributed by atoms with Crippen LogP contribution in [0.4, 0.5) is 13.2 Å². The fraction of sp³-hybridized carbons (Fsp3) is 0.633. The van der Waals surface area contributed by atoms with Crippen molar-refractivity contribution in [1.82, 2.24) is 19.6 Å². The smallest absolute Gasteiger partial charge is 0.312 e. The summed E-state index contributed by atoms with van der Waals surface area (Å²) in [6.45, 7) is 3.95. The fourth-order valence-corrected chi connectivity index (χ4v) is 7.42. The van der Waals surface area contributed by atoms with E-state index in [4.69, 9.17) is 4.99 Å². The van der Waals surface area contributed by atoms with Gasteiger partial charge in [-0.3, -0.25) is 19.6 Å². The first-order valence-corrected chi connectivity index (χ1v) is 16.2. The average molecular weight is 626 g/mol. The number of hydrogen-bond acceptors (Lipinski definition) is 6. The summed E-state index contributed by atoms with van der Waals surface area (Å²) in [6.07, 6.45) is 0.00641. The molecule has 1 N–H and O–H groups in total. The molecule has 9 nitrogen and oxygen atoms in total. The molecule has 238 valence electrons. The lowest BCUT2D eigenvalue weighted by Crippen LogP contribution is -2.50. The van der Waals surface area contributed by atoms with E-state index < -0.39 is 28.2 Å². The van der Waals surface area contributed by atoms with E-state index >= 15 is 0 Å². The highest BCUT2D eigenvalue weighted by Crippen LogP contribution is 2.38. The molecule has 0 unspecified atom stereocenters. The molecule has 3 aliphatic rings. The van der Waals surface area contributed by atoms with E-state index in [1.54, 1.807) is 44.4 Å². The first kappa shape index (κ1) is 33.1. The predicted molar refractivity (Wildman–Crippen MR) is 160 cm³/mol. The number of nitrogens with one attached hydrogen (secondary N) is 1. The van der Waals surface area contributed by atoms with Gasteiger partial charge in [-0.15, -0.1) is 0 Å². The minimum atomic E-state index is -4.14. The standard InChI is InChI=1S/C30H42F3N5O4S/c1-20-18-24(27(39)37(5)36(3)4)19-21(2)25(20)11-17-43(41,42)38-15-13-29(14-16-38)28(40)34-26(35-29)23-8-6-22(7-9-23)10-12-30(31,32)33/h11,17-19,22-23H,6-10,12-16H2,1-5H3,(H,34,35,40)/b17-11+. The maximum absolute atomic E-state index is 13.2. The van der Waals surface area contributed by atoms with Crippen LogP contribution in [-0.4, -0.2) is 86.3 Å². The Labute approximate surface area is 252 Å². The second-order valence-electron chi connectivity index (χ2n) is 12.3. The number of carbonyl (C=O) groups excluding carboxylic acids is 2. The number of rotatable bonds is 8. The van der Waals surface area contributed by atoms with Gasteiger partial charge in [-0.05, 0) is 99.6 Å². The number of hydrazine groups is 1. The zero-order valence-electron chi connectivity index (χ0n) is 25.5. The molecule has 0 radical (unpaired) electrons. The number of amidine groups is 1. The molecular weight excluding hydrogens is 583 g/mol. The van der Waals surface area contributed by atoms with Crippen molar-refractivity contribution >= 4 is 33.7 Å². The summed E-state index contributed by atoms with van der Waals surface area (Å²) in [7, 11) is 1.44. The Bertz CT molecular complexity index is 1370. The number of benzene rings is 1. The Morgan fingerprint density at radius 3 is 2.21 bits per heavy atom. The van der Waals surface area contributed by atoms with Crippen LogP contribution in [0.15, 0.2) is 22.5 Å². The van der Waals surface area contributed by atoms with Crippen LogP contribution in [0.3, 0.4) is 0 Å². The minimum Gasteiger partial charge on any atom is -0.312 e. The molecule has 1 aromatic rings. The van der Waals surface area contributed by atoms with Crippen LogP contribution >= 0.6 is 0 Å². The Morgan fingerprint density at radius 2 is 1.67 bits per heavy atom.